The molecule has 1 atom stereocenters. The summed E-state index contributed by atoms with van der Waals surface area (Å²) in [6.45, 7) is 2.08. The molecule has 1 aromatic carbocycles. The van der Waals surface area contributed by atoms with Crippen LogP contribution in [0.15, 0.2) is 30.3 Å². The van der Waals surface area contributed by atoms with Crippen LogP contribution in [0.4, 0.5) is 4.79 Å². The highest BCUT2D eigenvalue weighted by molar-refractivity contribution is 5.94. The van der Waals surface area contributed by atoms with Crippen molar-refractivity contribution in [2.45, 2.75) is 26.2 Å². The SMILES string of the molecule is CC(CC(=O)O)CC(=O)NC(=O)NCCc1ccccc1. The third kappa shape index (κ3) is 7.71. The fraction of sp³-hybridized carbons (Fsp3) is 0.400. The Morgan fingerprint density at radius 2 is 1.81 bits per heavy atom. The van der Waals surface area contributed by atoms with E-state index < -0.39 is 17.9 Å². The summed E-state index contributed by atoms with van der Waals surface area (Å²) in [4.78, 5) is 33.5. The topological polar surface area (TPSA) is 95.5 Å². The van der Waals surface area contributed by atoms with Crippen LogP contribution in [0.2, 0.25) is 0 Å². The first kappa shape index (κ1) is 16.7. The number of hydrogen-bond acceptors (Lipinski definition) is 3. The second-order valence-electron chi connectivity index (χ2n) is 4.95. The van der Waals surface area contributed by atoms with E-state index >= 15 is 0 Å². The number of rotatable bonds is 7. The number of carboxylic acid groups (broad SMARTS) is 1. The highest BCUT2D eigenvalue weighted by Gasteiger charge is 2.14. The monoisotopic (exact) mass is 292 g/mol. The van der Waals surface area contributed by atoms with Crippen molar-refractivity contribution in [2.24, 2.45) is 5.92 Å². The second kappa shape index (κ2) is 8.73. The van der Waals surface area contributed by atoms with Gasteiger partial charge in [-0.15, -0.1) is 0 Å². The molecule has 0 aliphatic rings. The van der Waals surface area contributed by atoms with E-state index in [0.717, 1.165) is 5.56 Å². The van der Waals surface area contributed by atoms with Gasteiger partial charge in [-0.1, -0.05) is 37.3 Å². The molecular formula is C15H20N2O4. The molecule has 0 aliphatic heterocycles. The molecule has 6 nitrogen and oxygen atoms in total. The lowest BCUT2D eigenvalue weighted by atomic mass is 10.0. The van der Waals surface area contributed by atoms with Crippen molar-refractivity contribution in [3.8, 4) is 0 Å². The zero-order valence-electron chi connectivity index (χ0n) is 12.0. The molecule has 0 heterocycles. The van der Waals surface area contributed by atoms with E-state index in [0.29, 0.717) is 13.0 Å². The zero-order valence-corrected chi connectivity index (χ0v) is 12.0. The highest BCUT2D eigenvalue weighted by Crippen LogP contribution is 2.06. The fourth-order valence-electron chi connectivity index (χ4n) is 1.87. The Morgan fingerprint density at radius 1 is 1.14 bits per heavy atom. The van der Waals surface area contributed by atoms with Crippen LogP contribution >= 0.6 is 0 Å². The number of nitrogens with one attached hydrogen (secondary N) is 2. The lowest BCUT2D eigenvalue weighted by molar-refractivity contribution is -0.138. The van der Waals surface area contributed by atoms with Gasteiger partial charge in [0, 0.05) is 19.4 Å². The van der Waals surface area contributed by atoms with Crippen molar-refractivity contribution in [1.82, 2.24) is 10.6 Å². The number of aliphatic carboxylic acids is 1. The summed E-state index contributed by atoms with van der Waals surface area (Å²) in [5.74, 6) is -1.73. The van der Waals surface area contributed by atoms with E-state index in [1.54, 1.807) is 6.92 Å². The molecule has 0 bridgehead atoms. The smallest absolute Gasteiger partial charge is 0.321 e. The van der Waals surface area contributed by atoms with Crippen molar-refractivity contribution in [3.63, 3.8) is 0 Å². The molecule has 1 aromatic rings. The number of amides is 3. The average molecular weight is 292 g/mol. The van der Waals surface area contributed by atoms with Gasteiger partial charge in [0.25, 0.3) is 0 Å². The number of urea groups is 1. The first-order valence-corrected chi connectivity index (χ1v) is 6.80. The van der Waals surface area contributed by atoms with Crippen LogP contribution < -0.4 is 10.6 Å². The minimum absolute atomic E-state index is 0.0123. The minimum atomic E-state index is -0.956. The van der Waals surface area contributed by atoms with Gasteiger partial charge < -0.3 is 10.4 Å². The summed E-state index contributed by atoms with van der Waals surface area (Å²) in [5.41, 5.74) is 1.10. The van der Waals surface area contributed by atoms with Gasteiger partial charge in [-0.3, -0.25) is 14.9 Å². The van der Waals surface area contributed by atoms with E-state index in [1.807, 2.05) is 30.3 Å². The van der Waals surface area contributed by atoms with Gasteiger partial charge in [0.15, 0.2) is 0 Å². The Morgan fingerprint density at radius 3 is 2.43 bits per heavy atom. The van der Waals surface area contributed by atoms with Crippen molar-refractivity contribution in [3.05, 3.63) is 35.9 Å². The number of carbonyl (C=O) groups is 3. The molecule has 0 radical (unpaired) electrons. The Kier molecular flexibility index (Phi) is 6.94. The standard InChI is InChI=1S/C15H20N2O4/c1-11(10-14(19)20)9-13(18)17-15(21)16-8-7-12-5-3-2-4-6-12/h2-6,11H,7-10H2,1H3,(H,19,20)(H2,16,17,18,21). The Bertz CT molecular complexity index is 488. The summed E-state index contributed by atoms with van der Waals surface area (Å²) in [5, 5.41) is 13.4. The van der Waals surface area contributed by atoms with Crippen molar-refractivity contribution >= 4 is 17.9 Å². The maximum Gasteiger partial charge on any atom is 0.321 e. The van der Waals surface area contributed by atoms with Gasteiger partial charge >= 0.3 is 12.0 Å². The van der Waals surface area contributed by atoms with Crippen LogP contribution in [-0.4, -0.2) is 29.6 Å². The molecule has 114 valence electrons. The van der Waals surface area contributed by atoms with E-state index in [9.17, 15) is 14.4 Å². The van der Waals surface area contributed by atoms with Gasteiger partial charge in [0.1, 0.15) is 0 Å². The average Bonchev–Trinajstić information content (AvgIpc) is 2.38. The molecule has 1 unspecified atom stereocenters. The summed E-state index contributed by atoms with van der Waals surface area (Å²) < 4.78 is 0. The van der Waals surface area contributed by atoms with E-state index in [-0.39, 0.29) is 18.8 Å². The predicted molar refractivity (Wildman–Crippen MR) is 77.7 cm³/mol. The Balaban J connectivity index is 2.21. The van der Waals surface area contributed by atoms with Gasteiger partial charge in [0.2, 0.25) is 5.91 Å². The van der Waals surface area contributed by atoms with Crippen molar-refractivity contribution < 1.29 is 19.5 Å². The predicted octanol–water partition coefficient (Wildman–Crippen LogP) is 1.56. The fourth-order valence-corrected chi connectivity index (χ4v) is 1.87. The molecule has 0 fully saturated rings. The molecular weight excluding hydrogens is 272 g/mol. The maximum absolute atomic E-state index is 11.5. The van der Waals surface area contributed by atoms with Crippen LogP contribution in [0.1, 0.15) is 25.3 Å². The van der Waals surface area contributed by atoms with E-state index in [2.05, 4.69) is 10.6 Å². The number of hydrogen-bond donors (Lipinski definition) is 3. The number of carboxylic acids is 1. The Labute approximate surface area is 123 Å². The third-order valence-electron chi connectivity index (χ3n) is 2.85. The molecule has 0 saturated heterocycles. The molecule has 0 aliphatic carbocycles. The molecule has 21 heavy (non-hydrogen) atoms. The maximum atomic E-state index is 11.5. The molecule has 3 amide bonds. The summed E-state index contributed by atoms with van der Waals surface area (Å²) in [6, 6.07) is 9.11. The summed E-state index contributed by atoms with van der Waals surface area (Å²) in [6.07, 6.45) is 0.597. The molecule has 0 spiro atoms. The number of benzene rings is 1. The van der Waals surface area contributed by atoms with Crippen molar-refractivity contribution in [2.75, 3.05) is 6.54 Å². The first-order chi connectivity index (χ1) is 9.97. The number of carbonyl (C=O) groups excluding carboxylic acids is 2. The Hall–Kier alpha value is -2.37. The lowest BCUT2D eigenvalue weighted by Gasteiger charge is -2.09. The zero-order chi connectivity index (χ0) is 15.7. The molecule has 1 rings (SSSR count). The second-order valence-corrected chi connectivity index (χ2v) is 4.95. The quantitative estimate of drug-likeness (QED) is 0.710. The molecule has 0 saturated carbocycles. The van der Waals surface area contributed by atoms with Crippen LogP contribution in [0.5, 0.6) is 0 Å². The van der Waals surface area contributed by atoms with E-state index in [1.165, 1.54) is 0 Å². The van der Waals surface area contributed by atoms with Crippen LogP contribution in [-0.2, 0) is 16.0 Å². The van der Waals surface area contributed by atoms with Gasteiger partial charge in [-0.25, -0.2) is 4.79 Å². The van der Waals surface area contributed by atoms with E-state index in [4.69, 9.17) is 5.11 Å². The lowest BCUT2D eigenvalue weighted by Crippen LogP contribution is -2.40. The molecule has 0 aromatic heterocycles. The van der Waals surface area contributed by atoms with Gasteiger partial charge in [-0.2, -0.15) is 0 Å². The van der Waals surface area contributed by atoms with Crippen LogP contribution in [0.25, 0.3) is 0 Å². The first-order valence-electron chi connectivity index (χ1n) is 6.80. The summed E-state index contributed by atoms with van der Waals surface area (Å²) >= 11 is 0. The van der Waals surface area contributed by atoms with Crippen LogP contribution in [0, 0.1) is 5.92 Å². The normalized spacial score (nSPS) is 11.5. The van der Waals surface area contributed by atoms with Gasteiger partial charge in [0.05, 0.1) is 0 Å². The van der Waals surface area contributed by atoms with Gasteiger partial charge in [-0.05, 0) is 17.9 Å². The largest absolute Gasteiger partial charge is 0.481 e. The van der Waals surface area contributed by atoms with Crippen molar-refractivity contribution in [1.29, 1.82) is 0 Å². The minimum Gasteiger partial charge on any atom is -0.481 e. The highest BCUT2D eigenvalue weighted by atomic mass is 16.4. The number of imide groups is 1. The van der Waals surface area contributed by atoms with Crippen LogP contribution in [0.3, 0.4) is 0 Å². The third-order valence-corrected chi connectivity index (χ3v) is 2.85. The molecule has 3 N–H and O–H groups in total. The molecule has 6 heteroatoms. The summed E-state index contributed by atoms with van der Waals surface area (Å²) in [7, 11) is 0.